The van der Waals surface area contributed by atoms with Gasteiger partial charge in [0.05, 0.1) is 31.2 Å². The SMILES string of the molecule is CCOc1ccc(C(=O)NCC(=O)Nc2cnc(-c3ccccc3)nc2)cc1. The average Bonchev–Trinajstić information content (AvgIpc) is 2.74. The van der Waals surface area contributed by atoms with E-state index >= 15 is 0 Å². The second-order valence-corrected chi connectivity index (χ2v) is 5.85. The van der Waals surface area contributed by atoms with Crippen molar-refractivity contribution in [3.8, 4) is 17.1 Å². The van der Waals surface area contributed by atoms with Gasteiger partial charge in [0, 0.05) is 11.1 Å². The van der Waals surface area contributed by atoms with Gasteiger partial charge in [-0.3, -0.25) is 9.59 Å². The number of hydrogen-bond acceptors (Lipinski definition) is 5. The molecule has 3 aromatic rings. The standard InChI is InChI=1S/C21H20N4O3/c1-2-28-18-10-8-16(9-11-18)21(27)24-14-19(26)25-17-12-22-20(23-13-17)15-6-4-3-5-7-15/h3-13H,2,14H2,1H3,(H,24,27)(H,25,26). The molecule has 0 unspecified atom stereocenters. The molecule has 7 heteroatoms. The molecule has 7 nitrogen and oxygen atoms in total. The van der Waals surface area contributed by atoms with Crippen LogP contribution < -0.4 is 15.4 Å². The van der Waals surface area contributed by atoms with Gasteiger partial charge in [-0.2, -0.15) is 0 Å². The van der Waals surface area contributed by atoms with Crippen LogP contribution in [-0.4, -0.2) is 34.9 Å². The van der Waals surface area contributed by atoms with E-state index in [0.717, 1.165) is 5.56 Å². The van der Waals surface area contributed by atoms with E-state index < -0.39 is 0 Å². The Morgan fingerprint density at radius 2 is 1.64 bits per heavy atom. The fourth-order valence-corrected chi connectivity index (χ4v) is 2.47. The number of nitrogens with zero attached hydrogens (tertiary/aromatic N) is 2. The highest BCUT2D eigenvalue weighted by Crippen LogP contribution is 2.15. The second-order valence-electron chi connectivity index (χ2n) is 5.85. The lowest BCUT2D eigenvalue weighted by atomic mass is 10.2. The van der Waals surface area contributed by atoms with E-state index in [1.165, 1.54) is 12.4 Å². The largest absolute Gasteiger partial charge is 0.494 e. The van der Waals surface area contributed by atoms with Crippen LogP contribution in [0, 0.1) is 0 Å². The summed E-state index contributed by atoms with van der Waals surface area (Å²) < 4.78 is 5.33. The van der Waals surface area contributed by atoms with Crippen LogP contribution in [0.3, 0.4) is 0 Å². The van der Waals surface area contributed by atoms with Gasteiger partial charge in [0.2, 0.25) is 5.91 Å². The maximum Gasteiger partial charge on any atom is 0.251 e. The molecule has 0 saturated carbocycles. The Hall–Kier alpha value is -3.74. The number of carbonyl (C=O) groups excluding carboxylic acids is 2. The van der Waals surface area contributed by atoms with Crippen LogP contribution in [0.1, 0.15) is 17.3 Å². The third kappa shape index (κ3) is 5.14. The predicted molar refractivity (Wildman–Crippen MR) is 106 cm³/mol. The lowest BCUT2D eigenvalue weighted by Gasteiger charge is -2.08. The molecule has 0 aliphatic carbocycles. The maximum absolute atomic E-state index is 12.1. The first-order chi connectivity index (χ1) is 13.7. The van der Waals surface area contributed by atoms with Gasteiger partial charge >= 0.3 is 0 Å². The van der Waals surface area contributed by atoms with E-state index in [-0.39, 0.29) is 18.4 Å². The van der Waals surface area contributed by atoms with Crippen LogP contribution in [0.25, 0.3) is 11.4 Å². The molecule has 0 fully saturated rings. The van der Waals surface area contributed by atoms with Gasteiger partial charge in [0.15, 0.2) is 5.82 Å². The smallest absolute Gasteiger partial charge is 0.251 e. The molecule has 0 radical (unpaired) electrons. The minimum atomic E-state index is -0.365. The zero-order chi connectivity index (χ0) is 19.8. The summed E-state index contributed by atoms with van der Waals surface area (Å²) in [6.07, 6.45) is 3.06. The lowest BCUT2D eigenvalue weighted by Crippen LogP contribution is -2.32. The molecule has 0 spiro atoms. The van der Waals surface area contributed by atoms with Crippen molar-refractivity contribution in [3.63, 3.8) is 0 Å². The van der Waals surface area contributed by atoms with E-state index in [2.05, 4.69) is 20.6 Å². The van der Waals surface area contributed by atoms with Crippen LogP contribution in [0.4, 0.5) is 5.69 Å². The predicted octanol–water partition coefficient (Wildman–Crippen LogP) is 2.91. The summed E-state index contributed by atoms with van der Waals surface area (Å²) in [5, 5.41) is 5.23. The summed E-state index contributed by atoms with van der Waals surface area (Å²) in [6.45, 7) is 2.29. The number of rotatable bonds is 7. The van der Waals surface area contributed by atoms with Gasteiger partial charge < -0.3 is 15.4 Å². The first-order valence-corrected chi connectivity index (χ1v) is 8.84. The molecule has 2 N–H and O–H groups in total. The normalized spacial score (nSPS) is 10.2. The van der Waals surface area contributed by atoms with Crippen LogP contribution in [0.2, 0.25) is 0 Å². The quantitative estimate of drug-likeness (QED) is 0.661. The number of nitrogens with one attached hydrogen (secondary N) is 2. The Kier molecular flexibility index (Phi) is 6.30. The first-order valence-electron chi connectivity index (χ1n) is 8.84. The Bertz CT molecular complexity index is 926. The molecule has 2 amide bonds. The topological polar surface area (TPSA) is 93.2 Å². The van der Waals surface area contributed by atoms with Gasteiger partial charge in [-0.05, 0) is 31.2 Å². The molecule has 1 heterocycles. The molecular weight excluding hydrogens is 356 g/mol. The maximum atomic E-state index is 12.1. The van der Waals surface area contributed by atoms with Gasteiger partial charge in [-0.1, -0.05) is 30.3 Å². The van der Waals surface area contributed by atoms with Crippen molar-refractivity contribution in [2.75, 3.05) is 18.5 Å². The molecule has 0 aliphatic rings. The molecule has 2 aromatic carbocycles. The molecule has 142 valence electrons. The fraction of sp³-hybridized carbons (Fsp3) is 0.143. The highest BCUT2D eigenvalue weighted by atomic mass is 16.5. The molecule has 0 atom stereocenters. The molecule has 28 heavy (non-hydrogen) atoms. The number of carbonyl (C=O) groups is 2. The molecule has 0 aliphatic heterocycles. The van der Waals surface area contributed by atoms with E-state index in [1.54, 1.807) is 24.3 Å². The van der Waals surface area contributed by atoms with E-state index in [4.69, 9.17) is 4.74 Å². The Labute approximate surface area is 162 Å². The Morgan fingerprint density at radius 3 is 2.29 bits per heavy atom. The molecular formula is C21H20N4O3. The van der Waals surface area contributed by atoms with Crippen molar-refractivity contribution in [3.05, 3.63) is 72.6 Å². The highest BCUT2D eigenvalue weighted by Gasteiger charge is 2.09. The minimum Gasteiger partial charge on any atom is -0.494 e. The van der Waals surface area contributed by atoms with Gasteiger partial charge in [-0.25, -0.2) is 9.97 Å². The summed E-state index contributed by atoms with van der Waals surface area (Å²) in [7, 11) is 0. The first kappa shape index (κ1) is 19.0. The highest BCUT2D eigenvalue weighted by molar-refractivity contribution is 5.99. The number of aromatic nitrogens is 2. The van der Waals surface area contributed by atoms with Crippen molar-refractivity contribution in [1.82, 2.24) is 15.3 Å². The van der Waals surface area contributed by atoms with E-state index in [0.29, 0.717) is 29.4 Å². The summed E-state index contributed by atoms with van der Waals surface area (Å²) in [6, 6.07) is 16.3. The lowest BCUT2D eigenvalue weighted by molar-refractivity contribution is -0.115. The van der Waals surface area contributed by atoms with Crippen LogP contribution in [0.5, 0.6) is 5.75 Å². The van der Waals surface area contributed by atoms with Crippen molar-refractivity contribution < 1.29 is 14.3 Å². The van der Waals surface area contributed by atoms with Crippen LogP contribution in [0.15, 0.2) is 67.0 Å². The number of benzene rings is 2. The van der Waals surface area contributed by atoms with Crippen molar-refractivity contribution in [2.24, 2.45) is 0 Å². The summed E-state index contributed by atoms with van der Waals surface area (Å²) in [5.41, 5.74) is 1.80. The van der Waals surface area contributed by atoms with Crippen LogP contribution in [-0.2, 0) is 4.79 Å². The monoisotopic (exact) mass is 376 g/mol. The van der Waals surface area contributed by atoms with Gasteiger partial charge in [-0.15, -0.1) is 0 Å². The Morgan fingerprint density at radius 1 is 0.964 bits per heavy atom. The number of hydrogen-bond donors (Lipinski definition) is 2. The summed E-state index contributed by atoms with van der Waals surface area (Å²) in [5.74, 6) is 0.558. The second kappa shape index (κ2) is 9.27. The molecule has 0 bridgehead atoms. The summed E-state index contributed by atoms with van der Waals surface area (Å²) in [4.78, 5) is 32.6. The molecule has 1 aromatic heterocycles. The van der Waals surface area contributed by atoms with Crippen molar-refractivity contribution in [2.45, 2.75) is 6.92 Å². The van der Waals surface area contributed by atoms with Gasteiger partial charge in [0.25, 0.3) is 5.91 Å². The third-order valence-electron chi connectivity index (χ3n) is 3.80. The summed E-state index contributed by atoms with van der Waals surface area (Å²) >= 11 is 0. The zero-order valence-corrected chi connectivity index (χ0v) is 15.4. The molecule has 3 rings (SSSR count). The van der Waals surface area contributed by atoms with Crippen molar-refractivity contribution in [1.29, 1.82) is 0 Å². The minimum absolute atomic E-state index is 0.160. The van der Waals surface area contributed by atoms with Crippen molar-refractivity contribution >= 4 is 17.5 Å². The number of amides is 2. The molecule has 0 saturated heterocycles. The Balaban J connectivity index is 1.50. The van der Waals surface area contributed by atoms with E-state index in [1.807, 2.05) is 37.3 Å². The van der Waals surface area contributed by atoms with E-state index in [9.17, 15) is 9.59 Å². The average molecular weight is 376 g/mol. The third-order valence-corrected chi connectivity index (χ3v) is 3.80. The zero-order valence-electron chi connectivity index (χ0n) is 15.4. The number of ether oxygens (including phenoxy) is 1. The fourth-order valence-electron chi connectivity index (χ4n) is 2.47. The van der Waals surface area contributed by atoms with Gasteiger partial charge in [0.1, 0.15) is 5.75 Å². The number of anilines is 1. The van der Waals surface area contributed by atoms with Crippen LogP contribution >= 0.6 is 0 Å².